The standard InChI is InChI=1S/C15H14N4O/c1-16-15(20)10-5-6-13-12(8-10)18-14(19(13)2)11-4-3-7-17-9-11/h3-9H,1-2H3,(H,16,20). The third-order valence-corrected chi connectivity index (χ3v) is 3.29. The van der Waals surface area contributed by atoms with Crippen LogP contribution in [0.2, 0.25) is 0 Å². The number of hydrogen-bond acceptors (Lipinski definition) is 3. The number of nitrogens with one attached hydrogen (secondary N) is 1. The second-order valence-electron chi connectivity index (χ2n) is 4.52. The minimum atomic E-state index is -0.111. The topological polar surface area (TPSA) is 59.8 Å². The Morgan fingerprint density at radius 2 is 2.15 bits per heavy atom. The summed E-state index contributed by atoms with van der Waals surface area (Å²) < 4.78 is 2.00. The summed E-state index contributed by atoms with van der Waals surface area (Å²) in [5, 5.41) is 2.62. The molecule has 0 saturated heterocycles. The summed E-state index contributed by atoms with van der Waals surface area (Å²) in [6.45, 7) is 0. The number of amides is 1. The quantitative estimate of drug-likeness (QED) is 0.771. The Bertz CT molecular complexity index is 777. The van der Waals surface area contributed by atoms with Crippen LogP contribution in [0.5, 0.6) is 0 Å². The summed E-state index contributed by atoms with van der Waals surface area (Å²) in [5.74, 6) is 0.725. The number of nitrogens with zero attached hydrogens (tertiary/aromatic N) is 3. The summed E-state index contributed by atoms with van der Waals surface area (Å²) in [4.78, 5) is 20.4. The molecule has 5 heteroatoms. The highest BCUT2D eigenvalue weighted by Crippen LogP contribution is 2.23. The van der Waals surface area contributed by atoms with Crippen molar-refractivity contribution >= 4 is 16.9 Å². The molecule has 0 aliphatic heterocycles. The van der Waals surface area contributed by atoms with Gasteiger partial charge in [-0.3, -0.25) is 9.78 Å². The molecule has 1 N–H and O–H groups in total. The number of benzene rings is 1. The molecule has 2 heterocycles. The van der Waals surface area contributed by atoms with Gasteiger partial charge in [0.25, 0.3) is 5.91 Å². The molecule has 1 aromatic carbocycles. The van der Waals surface area contributed by atoms with Crippen molar-refractivity contribution in [1.29, 1.82) is 0 Å². The van der Waals surface area contributed by atoms with E-state index in [1.807, 2.05) is 29.8 Å². The van der Waals surface area contributed by atoms with Crippen LogP contribution in [0.4, 0.5) is 0 Å². The van der Waals surface area contributed by atoms with Crippen molar-refractivity contribution in [3.8, 4) is 11.4 Å². The maximum absolute atomic E-state index is 11.7. The Labute approximate surface area is 116 Å². The first-order valence-corrected chi connectivity index (χ1v) is 6.29. The van der Waals surface area contributed by atoms with Gasteiger partial charge in [-0.15, -0.1) is 0 Å². The van der Waals surface area contributed by atoms with Crippen LogP contribution in [0, 0.1) is 0 Å². The first kappa shape index (κ1) is 12.3. The first-order chi connectivity index (χ1) is 9.70. The van der Waals surface area contributed by atoms with E-state index in [0.29, 0.717) is 5.56 Å². The van der Waals surface area contributed by atoms with Gasteiger partial charge < -0.3 is 9.88 Å². The highest BCUT2D eigenvalue weighted by atomic mass is 16.1. The lowest BCUT2D eigenvalue weighted by Gasteiger charge is -2.02. The zero-order valence-corrected chi connectivity index (χ0v) is 11.3. The maximum Gasteiger partial charge on any atom is 0.251 e. The first-order valence-electron chi connectivity index (χ1n) is 6.29. The van der Waals surface area contributed by atoms with Crippen LogP contribution >= 0.6 is 0 Å². The highest BCUT2D eigenvalue weighted by molar-refractivity contribution is 5.97. The summed E-state index contributed by atoms with van der Waals surface area (Å²) in [5.41, 5.74) is 3.34. The lowest BCUT2D eigenvalue weighted by molar-refractivity contribution is 0.0963. The second kappa shape index (κ2) is 4.77. The third kappa shape index (κ3) is 1.93. The maximum atomic E-state index is 11.7. The Hall–Kier alpha value is -2.69. The molecule has 0 unspecified atom stereocenters. The van der Waals surface area contributed by atoms with E-state index in [0.717, 1.165) is 22.4 Å². The van der Waals surface area contributed by atoms with Gasteiger partial charge in [0.15, 0.2) is 0 Å². The SMILES string of the molecule is CNC(=O)c1ccc2c(c1)nc(-c1cccnc1)n2C. The predicted octanol–water partition coefficient (Wildman–Crippen LogP) is 1.99. The Morgan fingerprint density at radius 3 is 2.85 bits per heavy atom. The summed E-state index contributed by atoms with van der Waals surface area (Å²) in [6.07, 6.45) is 3.51. The number of fused-ring (bicyclic) bond motifs is 1. The number of hydrogen-bond donors (Lipinski definition) is 1. The zero-order chi connectivity index (χ0) is 14.1. The molecule has 20 heavy (non-hydrogen) atoms. The molecule has 0 saturated carbocycles. The van der Waals surface area contributed by atoms with Crippen LogP contribution in [-0.2, 0) is 7.05 Å². The summed E-state index contributed by atoms with van der Waals surface area (Å²) in [7, 11) is 3.57. The fourth-order valence-electron chi connectivity index (χ4n) is 2.24. The van der Waals surface area contributed by atoms with Gasteiger partial charge >= 0.3 is 0 Å². The molecule has 100 valence electrons. The molecule has 3 rings (SSSR count). The Kier molecular flexibility index (Phi) is 2.95. The highest BCUT2D eigenvalue weighted by Gasteiger charge is 2.12. The van der Waals surface area contributed by atoms with Crippen molar-refractivity contribution in [3.05, 3.63) is 48.3 Å². The predicted molar refractivity (Wildman–Crippen MR) is 77.3 cm³/mol. The molecule has 0 spiro atoms. The molecule has 0 aliphatic rings. The van der Waals surface area contributed by atoms with E-state index in [-0.39, 0.29) is 5.91 Å². The van der Waals surface area contributed by atoms with Crippen molar-refractivity contribution in [1.82, 2.24) is 19.9 Å². The van der Waals surface area contributed by atoms with Gasteiger partial charge in [0, 0.05) is 37.6 Å². The third-order valence-electron chi connectivity index (χ3n) is 3.29. The lowest BCUT2D eigenvalue weighted by Crippen LogP contribution is -2.17. The minimum Gasteiger partial charge on any atom is -0.355 e. The fraction of sp³-hybridized carbons (Fsp3) is 0.133. The van der Waals surface area contributed by atoms with Crippen LogP contribution < -0.4 is 5.32 Å². The number of pyridine rings is 1. The van der Waals surface area contributed by atoms with E-state index in [4.69, 9.17) is 0 Å². The van der Waals surface area contributed by atoms with Gasteiger partial charge in [-0.2, -0.15) is 0 Å². The van der Waals surface area contributed by atoms with Gasteiger partial charge in [-0.25, -0.2) is 4.98 Å². The number of aryl methyl sites for hydroxylation is 1. The average Bonchev–Trinajstić information content (AvgIpc) is 2.84. The number of carbonyl (C=O) groups excluding carboxylic acids is 1. The van der Waals surface area contributed by atoms with Gasteiger partial charge in [0.05, 0.1) is 11.0 Å². The lowest BCUT2D eigenvalue weighted by atomic mass is 10.2. The molecule has 0 atom stereocenters. The van der Waals surface area contributed by atoms with Crippen molar-refractivity contribution in [2.45, 2.75) is 0 Å². The van der Waals surface area contributed by atoms with Crippen molar-refractivity contribution < 1.29 is 4.79 Å². The van der Waals surface area contributed by atoms with E-state index in [1.165, 1.54) is 0 Å². The van der Waals surface area contributed by atoms with E-state index in [9.17, 15) is 4.79 Å². The largest absolute Gasteiger partial charge is 0.355 e. The van der Waals surface area contributed by atoms with Crippen LogP contribution in [0.1, 0.15) is 10.4 Å². The smallest absolute Gasteiger partial charge is 0.251 e. The minimum absolute atomic E-state index is 0.111. The summed E-state index contributed by atoms with van der Waals surface area (Å²) >= 11 is 0. The second-order valence-corrected chi connectivity index (χ2v) is 4.52. The van der Waals surface area contributed by atoms with E-state index >= 15 is 0 Å². The average molecular weight is 266 g/mol. The molecular weight excluding hydrogens is 252 g/mol. The molecule has 1 amide bonds. The van der Waals surface area contributed by atoms with E-state index in [1.54, 1.807) is 31.6 Å². The monoisotopic (exact) mass is 266 g/mol. The van der Waals surface area contributed by atoms with E-state index in [2.05, 4.69) is 15.3 Å². The van der Waals surface area contributed by atoms with Crippen molar-refractivity contribution in [2.24, 2.45) is 7.05 Å². The Morgan fingerprint density at radius 1 is 1.30 bits per heavy atom. The molecule has 2 aromatic heterocycles. The number of carbonyl (C=O) groups is 1. The van der Waals surface area contributed by atoms with Crippen LogP contribution in [0.3, 0.4) is 0 Å². The van der Waals surface area contributed by atoms with Crippen LogP contribution in [0.25, 0.3) is 22.4 Å². The number of imidazole rings is 1. The normalized spacial score (nSPS) is 10.7. The molecule has 5 nitrogen and oxygen atoms in total. The van der Waals surface area contributed by atoms with Gasteiger partial charge in [0.2, 0.25) is 0 Å². The Balaban J connectivity index is 2.17. The van der Waals surface area contributed by atoms with Crippen LogP contribution in [0.15, 0.2) is 42.7 Å². The van der Waals surface area contributed by atoms with Gasteiger partial charge in [-0.05, 0) is 30.3 Å². The molecule has 0 radical (unpaired) electrons. The van der Waals surface area contributed by atoms with E-state index < -0.39 is 0 Å². The fourth-order valence-corrected chi connectivity index (χ4v) is 2.24. The van der Waals surface area contributed by atoms with Crippen molar-refractivity contribution in [2.75, 3.05) is 7.05 Å². The molecule has 3 aromatic rings. The number of aromatic nitrogens is 3. The number of rotatable bonds is 2. The molecule has 0 bridgehead atoms. The van der Waals surface area contributed by atoms with Crippen LogP contribution in [-0.4, -0.2) is 27.5 Å². The molecule has 0 fully saturated rings. The van der Waals surface area contributed by atoms with Gasteiger partial charge in [0.1, 0.15) is 5.82 Å². The summed E-state index contributed by atoms with van der Waals surface area (Å²) in [6, 6.07) is 9.36. The zero-order valence-electron chi connectivity index (χ0n) is 11.3. The molecule has 0 aliphatic carbocycles. The van der Waals surface area contributed by atoms with Crippen molar-refractivity contribution in [3.63, 3.8) is 0 Å². The van der Waals surface area contributed by atoms with Gasteiger partial charge in [-0.1, -0.05) is 0 Å². The molecular formula is C15H14N4O.